The van der Waals surface area contributed by atoms with Crippen LogP contribution < -0.4 is 0 Å². The number of cyclic esters (lactones) is 1. The molecular weight excluding hydrogens is 296 g/mol. The number of carbonyl (C=O) groups excluding carboxylic acids is 1. The Labute approximate surface area is 86.2 Å². The normalized spacial score (nSPS) is 38.0. The first-order valence-electron chi connectivity index (χ1n) is 3.34. The Morgan fingerprint density at radius 3 is 2.58 bits per heavy atom. The molecule has 0 radical (unpaired) electrons. The number of alkyl halides is 2. The number of esters is 1. The molecule has 1 aliphatic rings. The van der Waals surface area contributed by atoms with Crippen LogP contribution in [0.25, 0.3) is 0 Å². The van der Waals surface area contributed by atoms with Gasteiger partial charge in [-0.3, -0.25) is 4.79 Å². The topological polar surface area (TPSA) is 66.8 Å². The Bertz CT molecular complexity index is 186. The zero-order chi connectivity index (χ0) is 9.30. The third kappa shape index (κ3) is 1.81. The first kappa shape index (κ1) is 10.4. The third-order valence-corrected chi connectivity index (χ3v) is 3.23. The largest absolute Gasteiger partial charge is 0.456 e. The van der Waals surface area contributed by atoms with Crippen LogP contribution in [0.1, 0.15) is 0 Å². The van der Waals surface area contributed by atoms with Gasteiger partial charge in [0.15, 0.2) is 6.10 Å². The lowest BCUT2D eigenvalue weighted by molar-refractivity contribution is -0.145. The van der Waals surface area contributed by atoms with Crippen molar-refractivity contribution >= 4 is 37.8 Å². The fraction of sp³-hybridized carbons (Fsp3) is 0.833. The quantitative estimate of drug-likeness (QED) is 0.547. The van der Waals surface area contributed by atoms with Crippen LogP contribution >= 0.6 is 31.9 Å². The molecule has 6 heteroatoms. The van der Waals surface area contributed by atoms with Gasteiger partial charge in [-0.2, -0.15) is 0 Å². The van der Waals surface area contributed by atoms with Crippen molar-refractivity contribution in [2.24, 2.45) is 0 Å². The van der Waals surface area contributed by atoms with E-state index in [2.05, 4.69) is 31.9 Å². The molecule has 1 rings (SSSR count). The predicted molar refractivity (Wildman–Crippen MR) is 48.4 cm³/mol. The first-order valence-corrected chi connectivity index (χ1v) is 5.38. The van der Waals surface area contributed by atoms with Crippen molar-refractivity contribution in [3.8, 4) is 0 Å². The number of aliphatic hydroxyl groups is 2. The summed E-state index contributed by atoms with van der Waals surface area (Å²) in [6.07, 6.45) is -2.68. The van der Waals surface area contributed by atoms with E-state index in [1.807, 2.05) is 0 Å². The summed E-state index contributed by atoms with van der Waals surface area (Å²) in [5.41, 5.74) is 0. The van der Waals surface area contributed by atoms with Gasteiger partial charge < -0.3 is 14.9 Å². The van der Waals surface area contributed by atoms with Gasteiger partial charge in [-0.25, -0.2) is 0 Å². The molecule has 1 heterocycles. The molecule has 0 aromatic carbocycles. The minimum Gasteiger partial charge on any atom is -0.456 e. The highest BCUT2D eigenvalue weighted by molar-refractivity contribution is 9.10. The molecule has 0 bridgehead atoms. The molecule has 0 amide bonds. The number of carbonyl (C=O) groups is 1. The van der Waals surface area contributed by atoms with Gasteiger partial charge in [0.2, 0.25) is 0 Å². The SMILES string of the molecule is O=C1O[C@H]([C@H](O)CBr)[C@@H](O)[C@H]1Br. The lowest BCUT2D eigenvalue weighted by atomic mass is 10.1. The van der Waals surface area contributed by atoms with E-state index in [1.165, 1.54) is 0 Å². The van der Waals surface area contributed by atoms with Gasteiger partial charge in [-0.1, -0.05) is 31.9 Å². The van der Waals surface area contributed by atoms with E-state index in [1.54, 1.807) is 0 Å². The zero-order valence-corrected chi connectivity index (χ0v) is 9.16. The van der Waals surface area contributed by atoms with Crippen molar-refractivity contribution in [3.63, 3.8) is 0 Å². The summed E-state index contributed by atoms with van der Waals surface area (Å²) in [7, 11) is 0. The molecule has 70 valence electrons. The highest BCUT2D eigenvalue weighted by atomic mass is 79.9. The third-order valence-electron chi connectivity index (χ3n) is 1.65. The van der Waals surface area contributed by atoms with Crippen molar-refractivity contribution in [2.75, 3.05) is 5.33 Å². The lowest BCUT2D eigenvalue weighted by Gasteiger charge is -2.17. The number of hydrogen-bond acceptors (Lipinski definition) is 4. The van der Waals surface area contributed by atoms with E-state index in [0.29, 0.717) is 0 Å². The Balaban J connectivity index is 2.64. The average molecular weight is 304 g/mol. The minimum absolute atomic E-state index is 0.266. The van der Waals surface area contributed by atoms with Gasteiger partial charge in [-0.05, 0) is 0 Å². The van der Waals surface area contributed by atoms with E-state index in [0.717, 1.165) is 0 Å². The summed E-state index contributed by atoms with van der Waals surface area (Å²) in [4.78, 5) is 10.1. The van der Waals surface area contributed by atoms with E-state index >= 15 is 0 Å². The minimum atomic E-state index is -0.981. The second-order valence-electron chi connectivity index (χ2n) is 2.52. The smallest absolute Gasteiger partial charge is 0.323 e. The maximum Gasteiger partial charge on any atom is 0.323 e. The number of halogens is 2. The second kappa shape index (κ2) is 4.04. The lowest BCUT2D eigenvalue weighted by Crippen LogP contribution is -2.37. The standard InChI is InChI=1S/C6H8Br2O4/c7-1-2(9)5-4(10)3(8)6(11)12-5/h2-5,9-10H,1H2/t2-,3-,4+,5-/m1/s1. The fourth-order valence-corrected chi connectivity index (χ4v) is 1.75. The Kier molecular flexibility index (Phi) is 3.51. The highest BCUT2D eigenvalue weighted by Gasteiger charge is 2.45. The summed E-state index contributed by atoms with van der Waals surface area (Å²) in [5.74, 6) is -0.535. The van der Waals surface area contributed by atoms with Crippen LogP contribution in [0.3, 0.4) is 0 Å². The number of ether oxygens (including phenoxy) is 1. The van der Waals surface area contributed by atoms with Gasteiger partial charge in [-0.15, -0.1) is 0 Å². The van der Waals surface area contributed by atoms with E-state index in [4.69, 9.17) is 4.74 Å². The molecule has 1 fully saturated rings. The van der Waals surface area contributed by atoms with Crippen LogP contribution in [-0.2, 0) is 9.53 Å². The number of hydrogen-bond donors (Lipinski definition) is 2. The Morgan fingerprint density at radius 2 is 2.25 bits per heavy atom. The molecule has 4 nitrogen and oxygen atoms in total. The van der Waals surface area contributed by atoms with E-state index in [-0.39, 0.29) is 5.33 Å². The van der Waals surface area contributed by atoms with Crippen molar-refractivity contribution < 1.29 is 19.7 Å². The number of aliphatic hydroxyl groups excluding tert-OH is 2. The van der Waals surface area contributed by atoms with E-state index < -0.39 is 29.1 Å². The zero-order valence-electron chi connectivity index (χ0n) is 5.98. The molecule has 0 aromatic rings. The highest BCUT2D eigenvalue weighted by Crippen LogP contribution is 2.24. The molecule has 12 heavy (non-hydrogen) atoms. The summed E-state index contributed by atoms with van der Waals surface area (Å²) in [6.45, 7) is 0. The predicted octanol–water partition coefficient (Wildman–Crippen LogP) is -0.208. The van der Waals surface area contributed by atoms with Crippen molar-refractivity contribution in [1.82, 2.24) is 0 Å². The molecule has 1 aliphatic heterocycles. The summed E-state index contributed by atoms with van der Waals surface area (Å²) < 4.78 is 4.72. The van der Waals surface area contributed by atoms with Crippen molar-refractivity contribution in [2.45, 2.75) is 23.1 Å². The van der Waals surface area contributed by atoms with Crippen LogP contribution in [0, 0.1) is 0 Å². The maximum absolute atomic E-state index is 10.9. The average Bonchev–Trinajstić information content (AvgIpc) is 2.32. The first-order chi connectivity index (χ1) is 5.57. The summed E-state index contributed by atoms with van der Waals surface area (Å²) in [5, 5.41) is 18.9. The monoisotopic (exact) mass is 302 g/mol. The van der Waals surface area contributed by atoms with Crippen molar-refractivity contribution in [3.05, 3.63) is 0 Å². The number of rotatable bonds is 2. The van der Waals surface area contributed by atoms with Gasteiger partial charge in [0.05, 0.1) is 0 Å². The van der Waals surface area contributed by atoms with Crippen LogP contribution in [-0.4, -0.2) is 44.7 Å². The summed E-state index contributed by atoms with van der Waals surface area (Å²) in [6, 6.07) is 0. The molecule has 4 atom stereocenters. The summed E-state index contributed by atoms with van der Waals surface area (Å²) >= 11 is 5.98. The molecule has 1 saturated heterocycles. The molecule has 2 N–H and O–H groups in total. The van der Waals surface area contributed by atoms with Gasteiger partial charge in [0, 0.05) is 5.33 Å². The van der Waals surface area contributed by atoms with E-state index in [9.17, 15) is 15.0 Å². The van der Waals surface area contributed by atoms with Gasteiger partial charge in [0.25, 0.3) is 0 Å². The molecular formula is C6H8Br2O4. The molecule has 0 aromatic heterocycles. The molecule has 0 aliphatic carbocycles. The van der Waals surface area contributed by atoms with Crippen molar-refractivity contribution in [1.29, 1.82) is 0 Å². The fourth-order valence-electron chi connectivity index (χ4n) is 0.969. The van der Waals surface area contributed by atoms with Gasteiger partial charge >= 0.3 is 5.97 Å². The molecule has 0 saturated carbocycles. The van der Waals surface area contributed by atoms with Crippen LogP contribution in [0.15, 0.2) is 0 Å². The second-order valence-corrected chi connectivity index (χ2v) is 4.15. The Morgan fingerprint density at radius 1 is 1.67 bits per heavy atom. The van der Waals surface area contributed by atoms with Crippen LogP contribution in [0.4, 0.5) is 0 Å². The molecule has 0 spiro atoms. The van der Waals surface area contributed by atoms with Crippen LogP contribution in [0.5, 0.6) is 0 Å². The maximum atomic E-state index is 10.9. The van der Waals surface area contributed by atoms with Crippen LogP contribution in [0.2, 0.25) is 0 Å². The van der Waals surface area contributed by atoms with Gasteiger partial charge in [0.1, 0.15) is 17.0 Å². The molecule has 0 unspecified atom stereocenters. The Hall–Kier alpha value is 0.350.